The number of halogens is 3. The molecular weight excluding hydrogens is 393 g/mol. The Hall–Kier alpha value is -1.43. The molecule has 0 radical (unpaired) electrons. The third kappa shape index (κ3) is 3.97. The Morgan fingerprint density at radius 1 is 1.03 bits per heavy atom. The summed E-state index contributed by atoms with van der Waals surface area (Å²) in [6.45, 7) is 0.942. The van der Waals surface area contributed by atoms with Gasteiger partial charge in [0.2, 0.25) is 0 Å². The number of benzene rings is 1. The molecule has 4 bridgehead atoms. The van der Waals surface area contributed by atoms with Crippen molar-refractivity contribution < 1.29 is 13.2 Å². The molecule has 6 heteroatoms. The number of nitrogens with zero attached hydrogens (tertiary/aromatic N) is 2. The van der Waals surface area contributed by atoms with Crippen molar-refractivity contribution in [3.05, 3.63) is 54.1 Å². The normalized spacial score (nSPS) is 31.9. The lowest BCUT2D eigenvalue weighted by Gasteiger charge is -2.59. The minimum atomic E-state index is -4.27. The molecule has 29 heavy (non-hydrogen) atoms. The molecule has 6 rings (SSSR count). The SMILES string of the molecule is FC(F)(F)c1ccc(CSC(Cn2ccnc2)C23CC4CC(CC(C4)C2)C3)cc1. The molecule has 0 saturated heterocycles. The van der Waals surface area contributed by atoms with Gasteiger partial charge in [-0.25, -0.2) is 4.98 Å². The summed E-state index contributed by atoms with van der Waals surface area (Å²) in [7, 11) is 0. The lowest BCUT2D eigenvalue weighted by Crippen LogP contribution is -2.51. The highest BCUT2D eigenvalue weighted by Crippen LogP contribution is 2.63. The lowest BCUT2D eigenvalue weighted by molar-refractivity contribution is -0.137. The van der Waals surface area contributed by atoms with Gasteiger partial charge < -0.3 is 4.57 Å². The zero-order chi connectivity index (χ0) is 20.1. The summed E-state index contributed by atoms with van der Waals surface area (Å²) < 4.78 is 40.7. The second-order valence-electron chi connectivity index (χ2n) is 9.53. The summed E-state index contributed by atoms with van der Waals surface area (Å²) in [6, 6.07) is 5.71. The maximum Gasteiger partial charge on any atom is 0.416 e. The quantitative estimate of drug-likeness (QED) is 0.537. The molecule has 0 amide bonds. The van der Waals surface area contributed by atoms with E-state index in [4.69, 9.17) is 0 Å². The van der Waals surface area contributed by atoms with Gasteiger partial charge in [-0.3, -0.25) is 0 Å². The van der Waals surface area contributed by atoms with E-state index in [1.165, 1.54) is 50.7 Å². The van der Waals surface area contributed by atoms with Crippen LogP contribution >= 0.6 is 11.8 Å². The van der Waals surface area contributed by atoms with Crippen LogP contribution in [0, 0.1) is 23.2 Å². The molecule has 2 nitrogen and oxygen atoms in total. The van der Waals surface area contributed by atoms with Crippen molar-refractivity contribution in [3.63, 3.8) is 0 Å². The van der Waals surface area contributed by atoms with Gasteiger partial charge in [0.1, 0.15) is 0 Å². The van der Waals surface area contributed by atoms with E-state index in [1.807, 2.05) is 30.5 Å². The van der Waals surface area contributed by atoms with Crippen molar-refractivity contribution in [1.82, 2.24) is 9.55 Å². The standard InChI is InChI=1S/C23H27F3N2S/c24-23(25,26)20-3-1-16(2-4-20)14-29-21(13-28-6-5-27-15-28)22-10-17-7-18(11-22)9-19(8-17)12-22/h1-6,15,17-19,21H,7-14H2. The molecule has 2 aromatic rings. The topological polar surface area (TPSA) is 17.8 Å². The molecule has 1 aromatic carbocycles. The molecule has 4 aliphatic carbocycles. The minimum absolute atomic E-state index is 0.385. The summed E-state index contributed by atoms with van der Waals surface area (Å²) in [4.78, 5) is 4.22. The first-order valence-corrected chi connectivity index (χ1v) is 11.7. The molecular formula is C23H27F3N2S. The lowest BCUT2D eigenvalue weighted by atomic mass is 9.48. The van der Waals surface area contributed by atoms with Crippen LogP contribution in [0.1, 0.15) is 49.7 Å². The number of imidazole rings is 1. The van der Waals surface area contributed by atoms with Crippen LogP contribution in [-0.2, 0) is 18.5 Å². The van der Waals surface area contributed by atoms with Gasteiger partial charge in [0.05, 0.1) is 11.9 Å². The van der Waals surface area contributed by atoms with Crippen molar-refractivity contribution in [2.45, 2.75) is 62.2 Å². The fourth-order valence-corrected chi connectivity index (χ4v) is 8.07. The maximum atomic E-state index is 12.9. The van der Waals surface area contributed by atoms with Crippen LogP contribution in [0.15, 0.2) is 43.0 Å². The Balaban J connectivity index is 1.34. The van der Waals surface area contributed by atoms with Crippen LogP contribution in [0.4, 0.5) is 13.2 Å². The van der Waals surface area contributed by atoms with Crippen LogP contribution < -0.4 is 0 Å². The van der Waals surface area contributed by atoms with E-state index in [0.29, 0.717) is 10.7 Å². The molecule has 4 aliphatic rings. The molecule has 1 unspecified atom stereocenters. The Bertz CT molecular complexity index is 794. The van der Waals surface area contributed by atoms with Gasteiger partial charge in [-0.05, 0) is 79.4 Å². The van der Waals surface area contributed by atoms with E-state index in [9.17, 15) is 13.2 Å². The molecule has 0 spiro atoms. The van der Waals surface area contributed by atoms with E-state index in [0.717, 1.165) is 35.6 Å². The van der Waals surface area contributed by atoms with Gasteiger partial charge in [0.25, 0.3) is 0 Å². The summed E-state index contributed by atoms with van der Waals surface area (Å²) in [5.74, 6) is 3.42. The summed E-state index contributed by atoms with van der Waals surface area (Å²) >= 11 is 1.94. The van der Waals surface area contributed by atoms with Gasteiger partial charge in [-0.15, -0.1) is 0 Å². The average Bonchev–Trinajstić information content (AvgIpc) is 3.17. The predicted octanol–water partition coefficient (Wildman–Crippen LogP) is 6.42. The van der Waals surface area contributed by atoms with E-state index in [-0.39, 0.29) is 0 Å². The Morgan fingerprint density at radius 3 is 2.17 bits per heavy atom. The summed E-state index contributed by atoms with van der Waals surface area (Å²) in [5, 5.41) is 0.479. The van der Waals surface area contributed by atoms with Crippen LogP contribution in [0.25, 0.3) is 0 Å². The number of hydrogen-bond donors (Lipinski definition) is 0. The molecule has 0 N–H and O–H groups in total. The Labute approximate surface area is 174 Å². The van der Waals surface area contributed by atoms with E-state index in [2.05, 4.69) is 9.55 Å². The molecule has 156 valence electrons. The molecule has 4 fully saturated rings. The largest absolute Gasteiger partial charge is 0.416 e. The van der Waals surface area contributed by atoms with Crippen molar-refractivity contribution in [2.75, 3.05) is 0 Å². The number of aromatic nitrogens is 2. The first-order chi connectivity index (χ1) is 13.9. The summed E-state index contributed by atoms with van der Waals surface area (Å²) in [5.41, 5.74) is 0.793. The highest BCUT2D eigenvalue weighted by Gasteiger charge is 2.54. The average molecular weight is 421 g/mol. The monoisotopic (exact) mass is 420 g/mol. The molecule has 1 aromatic heterocycles. The second kappa shape index (κ2) is 7.36. The van der Waals surface area contributed by atoms with Gasteiger partial charge >= 0.3 is 6.18 Å². The van der Waals surface area contributed by atoms with Crippen LogP contribution in [-0.4, -0.2) is 14.8 Å². The van der Waals surface area contributed by atoms with Crippen LogP contribution in [0.2, 0.25) is 0 Å². The second-order valence-corrected chi connectivity index (χ2v) is 10.7. The number of thioether (sulfide) groups is 1. The van der Waals surface area contributed by atoms with Crippen molar-refractivity contribution in [1.29, 1.82) is 0 Å². The first-order valence-electron chi connectivity index (χ1n) is 10.6. The highest BCUT2D eigenvalue weighted by atomic mass is 32.2. The molecule has 0 aliphatic heterocycles. The fourth-order valence-electron chi connectivity index (χ4n) is 6.57. The first kappa shape index (κ1) is 19.5. The molecule has 4 saturated carbocycles. The molecule has 1 heterocycles. The van der Waals surface area contributed by atoms with E-state index in [1.54, 1.807) is 12.1 Å². The summed E-state index contributed by atoms with van der Waals surface area (Å²) in [6.07, 6.45) is 9.74. The minimum Gasteiger partial charge on any atom is -0.336 e. The van der Waals surface area contributed by atoms with Crippen LogP contribution in [0.5, 0.6) is 0 Å². The number of rotatable bonds is 6. The smallest absolute Gasteiger partial charge is 0.336 e. The van der Waals surface area contributed by atoms with E-state index < -0.39 is 11.7 Å². The van der Waals surface area contributed by atoms with Gasteiger partial charge in [0, 0.05) is 29.9 Å². The van der Waals surface area contributed by atoms with Gasteiger partial charge in [-0.1, -0.05) is 12.1 Å². The number of alkyl halides is 3. The Morgan fingerprint density at radius 2 is 1.66 bits per heavy atom. The zero-order valence-electron chi connectivity index (χ0n) is 16.4. The maximum absolute atomic E-state index is 12.9. The number of hydrogen-bond acceptors (Lipinski definition) is 2. The fraction of sp³-hybridized carbons (Fsp3) is 0.609. The highest BCUT2D eigenvalue weighted by molar-refractivity contribution is 7.99. The predicted molar refractivity (Wildman–Crippen MR) is 109 cm³/mol. The van der Waals surface area contributed by atoms with Crippen molar-refractivity contribution in [3.8, 4) is 0 Å². The third-order valence-corrected chi connectivity index (χ3v) is 8.99. The van der Waals surface area contributed by atoms with Crippen LogP contribution in [0.3, 0.4) is 0 Å². The van der Waals surface area contributed by atoms with Crippen molar-refractivity contribution in [2.24, 2.45) is 23.2 Å². The van der Waals surface area contributed by atoms with E-state index >= 15 is 0 Å². The van der Waals surface area contributed by atoms with Crippen molar-refractivity contribution >= 4 is 11.8 Å². The molecule has 1 atom stereocenters. The van der Waals surface area contributed by atoms with Gasteiger partial charge in [-0.2, -0.15) is 24.9 Å². The van der Waals surface area contributed by atoms with Gasteiger partial charge in [0.15, 0.2) is 0 Å². The zero-order valence-corrected chi connectivity index (χ0v) is 17.3. The Kier molecular flexibility index (Phi) is 4.96. The third-order valence-electron chi connectivity index (χ3n) is 7.44.